The quantitative estimate of drug-likeness (QED) is 0.804. The lowest BCUT2D eigenvalue weighted by Crippen LogP contribution is -2.36. The fraction of sp³-hybridized carbons (Fsp3) is 0.765. The summed E-state index contributed by atoms with van der Waals surface area (Å²) in [5.41, 5.74) is 1.83. The molecule has 1 aromatic heterocycles. The zero-order chi connectivity index (χ0) is 14.6. The zero-order valence-corrected chi connectivity index (χ0v) is 13.6. The zero-order valence-electron chi connectivity index (χ0n) is 13.6. The molecular formula is C17H30N2O. The first kappa shape index (κ1) is 15.6. The topological polar surface area (TPSA) is 28.4 Å². The first-order valence-electron chi connectivity index (χ1n) is 8.01. The molecule has 1 aliphatic rings. The highest BCUT2D eigenvalue weighted by molar-refractivity contribution is 5.20. The molecule has 2 rings (SSSR count). The Balaban J connectivity index is 1.86. The molecule has 3 heteroatoms. The standard InChI is InChI=1S/C17H30N2O/c1-5-8-18-12-15-11-16(20-14(15)2)13-19-9-6-17(3,4)7-10-19/h11,18H,5-10,12-13H2,1-4H3. The third-order valence-corrected chi connectivity index (χ3v) is 4.40. The van der Waals surface area contributed by atoms with Gasteiger partial charge in [-0.25, -0.2) is 0 Å². The molecule has 0 saturated carbocycles. The van der Waals surface area contributed by atoms with Gasteiger partial charge in [0.05, 0.1) is 6.54 Å². The molecule has 0 aliphatic carbocycles. The Morgan fingerprint density at radius 3 is 2.65 bits per heavy atom. The van der Waals surface area contributed by atoms with Crippen molar-refractivity contribution in [2.24, 2.45) is 5.41 Å². The summed E-state index contributed by atoms with van der Waals surface area (Å²) in [6.07, 6.45) is 3.75. The van der Waals surface area contributed by atoms with Gasteiger partial charge in [0.1, 0.15) is 11.5 Å². The summed E-state index contributed by atoms with van der Waals surface area (Å²) in [6.45, 7) is 14.4. The van der Waals surface area contributed by atoms with E-state index in [1.807, 2.05) is 0 Å². The fourth-order valence-electron chi connectivity index (χ4n) is 2.78. The van der Waals surface area contributed by atoms with E-state index < -0.39 is 0 Å². The lowest BCUT2D eigenvalue weighted by molar-refractivity contribution is 0.120. The maximum Gasteiger partial charge on any atom is 0.118 e. The van der Waals surface area contributed by atoms with Crippen molar-refractivity contribution in [2.45, 2.75) is 60.0 Å². The van der Waals surface area contributed by atoms with E-state index in [1.165, 1.54) is 37.9 Å². The minimum atomic E-state index is 0.519. The number of nitrogens with zero attached hydrogens (tertiary/aromatic N) is 1. The van der Waals surface area contributed by atoms with Gasteiger partial charge >= 0.3 is 0 Å². The van der Waals surface area contributed by atoms with Gasteiger partial charge in [-0.2, -0.15) is 0 Å². The van der Waals surface area contributed by atoms with E-state index in [-0.39, 0.29) is 0 Å². The van der Waals surface area contributed by atoms with E-state index >= 15 is 0 Å². The molecule has 1 aliphatic heterocycles. The molecule has 1 aromatic rings. The lowest BCUT2D eigenvalue weighted by atomic mass is 9.83. The summed E-state index contributed by atoms with van der Waals surface area (Å²) in [5.74, 6) is 2.19. The van der Waals surface area contributed by atoms with Gasteiger partial charge in [-0.05, 0) is 57.3 Å². The molecule has 0 atom stereocenters. The third kappa shape index (κ3) is 4.35. The van der Waals surface area contributed by atoms with Gasteiger partial charge in [0, 0.05) is 12.1 Å². The fourth-order valence-corrected chi connectivity index (χ4v) is 2.78. The van der Waals surface area contributed by atoms with Crippen LogP contribution in [-0.4, -0.2) is 24.5 Å². The van der Waals surface area contributed by atoms with E-state index in [1.54, 1.807) is 0 Å². The Labute approximate surface area is 123 Å². The number of rotatable bonds is 6. The summed E-state index contributed by atoms with van der Waals surface area (Å²) < 4.78 is 5.92. The van der Waals surface area contributed by atoms with Crippen LogP contribution in [0.5, 0.6) is 0 Å². The monoisotopic (exact) mass is 278 g/mol. The van der Waals surface area contributed by atoms with Crippen molar-refractivity contribution in [1.82, 2.24) is 10.2 Å². The van der Waals surface area contributed by atoms with Crippen LogP contribution in [0.1, 0.15) is 57.1 Å². The van der Waals surface area contributed by atoms with Crippen LogP contribution in [0.25, 0.3) is 0 Å². The van der Waals surface area contributed by atoms with E-state index in [0.29, 0.717) is 5.41 Å². The largest absolute Gasteiger partial charge is 0.465 e. The lowest BCUT2D eigenvalue weighted by Gasteiger charge is -2.36. The average molecular weight is 278 g/mol. The van der Waals surface area contributed by atoms with Crippen molar-refractivity contribution in [1.29, 1.82) is 0 Å². The van der Waals surface area contributed by atoms with E-state index in [0.717, 1.165) is 31.2 Å². The molecule has 1 N–H and O–H groups in total. The van der Waals surface area contributed by atoms with Crippen LogP contribution in [0.4, 0.5) is 0 Å². The normalized spacial score (nSPS) is 19.4. The van der Waals surface area contributed by atoms with Gasteiger partial charge in [-0.1, -0.05) is 20.8 Å². The maximum atomic E-state index is 5.92. The van der Waals surface area contributed by atoms with Crippen LogP contribution >= 0.6 is 0 Å². The van der Waals surface area contributed by atoms with Crippen LogP contribution < -0.4 is 5.32 Å². The number of aryl methyl sites for hydroxylation is 1. The molecule has 20 heavy (non-hydrogen) atoms. The molecule has 0 unspecified atom stereocenters. The van der Waals surface area contributed by atoms with E-state index in [4.69, 9.17) is 4.42 Å². The predicted molar refractivity (Wildman–Crippen MR) is 83.7 cm³/mol. The first-order chi connectivity index (χ1) is 9.50. The van der Waals surface area contributed by atoms with Crippen molar-refractivity contribution in [3.63, 3.8) is 0 Å². The Morgan fingerprint density at radius 1 is 1.30 bits per heavy atom. The highest BCUT2D eigenvalue weighted by Crippen LogP contribution is 2.30. The van der Waals surface area contributed by atoms with Gasteiger partial charge in [-0.3, -0.25) is 4.90 Å². The average Bonchev–Trinajstić information content (AvgIpc) is 2.73. The van der Waals surface area contributed by atoms with Crippen LogP contribution in [0, 0.1) is 12.3 Å². The van der Waals surface area contributed by atoms with Gasteiger partial charge in [0.15, 0.2) is 0 Å². The molecule has 1 saturated heterocycles. The number of hydrogen-bond donors (Lipinski definition) is 1. The Morgan fingerprint density at radius 2 is 2.00 bits per heavy atom. The highest BCUT2D eigenvalue weighted by Gasteiger charge is 2.25. The van der Waals surface area contributed by atoms with Gasteiger partial charge < -0.3 is 9.73 Å². The molecule has 0 spiro atoms. The second-order valence-corrected chi connectivity index (χ2v) is 6.91. The Bertz CT molecular complexity index is 413. The Hall–Kier alpha value is -0.800. The van der Waals surface area contributed by atoms with Crippen molar-refractivity contribution in [2.75, 3.05) is 19.6 Å². The van der Waals surface area contributed by atoms with Crippen molar-refractivity contribution < 1.29 is 4.42 Å². The SMILES string of the molecule is CCCNCc1cc(CN2CCC(C)(C)CC2)oc1C. The smallest absolute Gasteiger partial charge is 0.118 e. The molecule has 114 valence electrons. The highest BCUT2D eigenvalue weighted by atomic mass is 16.3. The van der Waals surface area contributed by atoms with Crippen LogP contribution in [0.3, 0.4) is 0 Å². The molecular weight excluding hydrogens is 248 g/mol. The van der Waals surface area contributed by atoms with Crippen LogP contribution in [0.15, 0.2) is 10.5 Å². The minimum Gasteiger partial charge on any atom is -0.465 e. The second kappa shape index (κ2) is 6.77. The third-order valence-electron chi connectivity index (χ3n) is 4.40. The minimum absolute atomic E-state index is 0.519. The van der Waals surface area contributed by atoms with E-state index in [9.17, 15) is 0 Å². The number of nitrogens with one attached hydrogen (secondary N) is 1. The number of likely N-dealkylation sites (tertiary alicyclic amines) is 1. The van der Waals surface area contributed by atoms with Gasteiger partial charge in [-0.15, -0.1) is 0 Å². The number of furan rings is 1. The second-order valence-electron chi connectivity index (χ2n) is 6.91. The van der Waals surface area contributed by atoms with Crippen LogP contribution in [-0.2, 0) is 13.1 Å². The van der Waals surface area contributed by atoms with Crippen LogP contribution in [0.2, 0.25) is 0 Å². The molecule has 0 bridgehead atoms. The van der Waals surface area contributed by atoms with E-state index in [2.05, 4.69) is 44.0 Å². The number of piperidine rings is 1. The molecule has 2 heterocycles. The summed E-state index contributed by atoms with van der Waals surface area (Å²) in [5, 5.41) is 3.45. The van der Waals surface area contributed by atoms with Gasteiger partial charge in [0.25, 0.3) is 0 Å². The molecule has 0 amide bonds. The molecule has 0 aromatic carbocycles. The summed E-state index contributed by atoms with van der Waals surface area (Å²) >= 11 is 0. The predicted octanol–water partition coefficient (Wildman–Crippen LogP) is 3.71. The summed E-state index contributed by atoms with van der Waals surface area (Å²) in [7, 11) is 0. The van der Waals surface area contributed by atoms with Crippen molar-refractivity contribution in [3.05, 3.63) is 23.2 Å². The van der Waals surface area contributed by atoms with Gasteiger partial charge in [0.2, 0.25) is 0 Å². The maximum absolute atomic E-state index is 5.92. The number of hydrogen-bond acceptors (Lipinski definition) is 3. The van der Waals surface area contributed by atoms with Crippen molar-refractivity contribution >= 4 is 0 Å². The molecule has 0 radical (unpaired) electrons. The van der Waals surface area contributed by atoms with Crippen molar-refractivity contribution in [3.8, 4) is 0 Å². The molecule has 1 fully saturated rings. The summed E-state index contributed by atoms with van der Waals surface area (Å²) in [4.78, 5) is 2.52. The molecule has 3 nitrogen and oxygen atoms in total. The summed E-state index contributed by atoms with van der Waals surface area (Å²) in [6, 6.07) is 2.23. The Kier molecular flexibility index (Phi) is 5.28. The first-order valence-corrected chi connectivity index (χ1v) is 8.01.